The van der Waals surface area contributed by atoms with Crippen LogP contribution in [0, 0.1) is 0 Å². The van der Waals surface area contributed by atoms with Gasteiger partial charge in [-0.1, -0.05) is 37.3 Å². The first-order valence-electron chi connectivity index (χ1n) is 8.36. The third-order valence-electron chi connectivity index (χ3n) is 4.02. The largest absolute Gasteiger partial charge is 0.416 e. The number of carbonyl (C=O) groups excluding carboxylic acids is 1. The topological polar surface area (TPSA) is 42.0 Å². The van der Waals surface area contributed by atoms with Crippen LogP contribution in [0.4, 0.5) is 18.9 Å². The number of rotatable bonds is 5. The monoisotopic (exact) mass is 390 g/mol. The third kappa shape index (κ3) is 4.74. The van der Waals surface area contributed by atoms with E-state index in [0.717, 1.165) is 29.8 Å². The van der Waals surface area contributed by atoms with E-state index in [-0.39, 0.29) is 12.3 Å². The van der Waals surface area contributed by atoms with E-state index in [2.05, 4.69) is 10.3 Å². The quantitative estimate of drug-likeness (QED) is 0.619. The molecule has 0 saturated carbocycles. The summed E-state index contributed by atoms with van der Waals surface area (Å²) in [5, 5.41) is 5.22. The molecule has 0 aliphatic carbocycles. The van der Waals surface area contributed by atoms with Crippen molar-refractivity contribution in [3.63, 3.8) is 0 Å². The molecule has 1 N–H and O–H groups in total. The van der Waals surface area contributed by atoms with E-state index in [1.165, 1.54) is 23.5 Å². The number of benzene rings is 2. The molecule has 27 heavy (non-hydrogen) atoms. The van der Waals surface area contributed by atoms with Crippen LogP contribution in [0.15, 0.2) is 53.9 Å². The SMILES string of the molecule is CCc1ccccc1NC(=O)Cc1csc(-c2ccc(C(F)(F)F)cc2)n1. The first-order valence-corrected chi connectivity index (χ1v) is 9.24. The molecule has 0 spiro atoms. The Kier molecular flexibility index (Phi) is 5.60. The van der Waals surface area contributed by atoms with Gasteiger partial charge in [0.25, 0.3) is 0 Å². The van der Waals surface area contributed by atoms with E-state index in [1.54, 1.807) is 5.38 Å². The molecule has 0 saturated heterocycles. The summed E-state index contributed by atoms with van der Waals surface area (Å²) in [5.74, 6) is -0.180. The fourth-order valence-corrected chi connectivity index (χ4v) is 3.46. The maximum Gasteiger partial charge on any atom is 0.416 e. The number of hydrogen-bond donors (Lipinski definition) is 1. The second-order valence-electron chi connectivity index (χ2n) is 5.95. The zero-order chi connectivity index (χ0) is 19.4. The minimum atomic E-state index is -4.36. The number of alkyl halides is 3. The number of thiazole rings is 1. The van der Waals surface area contributed by atoms with Gasteiger partial charge in [0.05, 0.1) is 17.7 Å². The predicted molar refractivity (Wildman–Crippen MR) is 101 cm³/mol. The van der Waals surface area contributed by atoms with E-state index in [0.29, 0.717) is 16.3 Å². The normalized spacial score (nSPS) is 11.4. The Labute approximate surface area is 158 Å². The first kappa shape index (κ1) is 19.1. The fourth-order valence-electron chi connectivity index (χ4n) is 2.63. The van der Waals surface area contributed by atoms with Gasteiger partial charge in [-0.2, -0.15) is 13.2 Å². The van der Waals surface area contributed by atoms with Crippen LogP contribution in [0.3, 0.4) is 0 Å². The zero-order valence-electron chi connectivity index (χ0n) is 14.5. The van der Waals surface area contributed by atoms with Crippen molar-refractivity contribution in [1.29, 1.82) is 0 Å². The number of para-hydroxylation sites is 1. The number of nitrogens with zero attached hydrogens (tertiary/aromatic N) is 1. The van der Waals surface area contributed by atoms with Crippen molar-refractivity contribution in [3.8, 4) is 10.6 Å². The molecule has 0 fully saturated rings. The Morgan fingerprint density at radius 1 is 1.11 bits per heavy atom. The van der Waals surface area contributed by atoms with Crippen molar-refractivity contribution in [2.45, 2.75) is 25.9 Å². The van der Waals surface area contributed by atoms with Gasteiger partial charge in [0.1, 0.15) is 5.01 Å². The average molecular weight is 390 g/mol. The van der Waals surface area contributed by atoms with E-state index in [1.807, 2.05) is 31.2 Å². The Balaban J connectivity index is 1.68. The van der Waals surface area contributed by atoms with E-state index < -0.39 is 11.7 Å². The number of aryl methyl sites for hydroxylation is 1. The second-order valence-corrected chi connectivity index (χ2v) is 6.81. The molecule has 2 aromatic carbocycles. The van der Waals surface area contributed by atoms with Crippen molar-refractivity contribution in [3.05, 3.63) is 70.7 Å². The Bertz CT molecular complexity index is 933. The molecule has 1 heterocycles. The van der Waals surface area contributed by atoms with Crippen LogP contribution in [-0.4, -0.2) is 10.9 Å². The molecule has 3 aromatic rings. The van der Waals surface area contributed by atoms with Gasteiger partial charge in [-0.15, -0.1) is 11.3 Å². The van der Waals surface area contributed by atoms with Crippen molar-refractivity contribution in [2.75, 3.05) is 5.32 Å². The van der Waals surface area contributed by atoms with Crippen LogP contribution >= 0.6 is 11.3 Å². The third-order valence-corrected chi connectivity index (χ3v) is 4.97. The number of nitrogens with one attached hydrogen (secondary N) is 1. The molecule has 3 nitrogen and oxygen atoms in total. The van der Waals surface area contributed by atoms with Gasteiger partial charge in [-0.25, -0.2) is 4.98 Å². The maximum absolute atomic E-state index is 12.6. The highest BCUT2D eigenvalue weighted by Gasteiger charge is 2.30. The maximum atomic E-state index is 12.6. The highest BCUT2D eigenvalue weighted by atomic mass is 32.1. The number of carbonyl (C=O) groups is 1. The summed E-state index contributed by atoms with van der Waals surface area (Å²) in [7, 11) is 0. The van der Waals surface area contributed by atoms with Gasteiger partial charge in [0, 0.05) is 16.6 Å². The summed E-state index contributed by atoms with van der Waals surface area (Å²) < 4.78 is 37.9. The smallest absolute Gasteiger partial charge is 0.325 e. The molecule has 140 valence electrons. The molecule has 0 aliphatic rings. The minimum absolute atomic E-state index is 0.106. The minimum Gasteiger partial charge on any atom is -0.325 e. The van der Waals surface area contributed by atoms with Crippen molar-refractivity contribution < 1.29 is 18.0 Å². The van der Waals surface area contributed by atoms with Crippen LogP contribution < -0.4 is 5.32 Å². The molecule has 0 bridgehead atoms. The number of aromatic nitrogens is 1. The second kappa shape index (κ2) is 7.92. The van der Waals surface area contributed by atoms with E-state index in [4.69, 9.17) is 0 Å². The molecular formula is C20H17F3N2OS. The highest BCUT2D eigenvalue weighted by Crippen LogP contribution is 2.31. The van der Waals surface area contributed by atoms with Crippen LogP contribution in [-0.2, 0) is 23.8 Å². The molecule has 1 amide bonds. The van der Waals surface area contributed by atoms with Gasteiger partial charge in [-0.05, 0) is 30.2 Å². The van der Waals surface area contributed by atoms with Gasteiger partial charge in [-0.3, -0.25) is 4.79 Å². The lowest BCUT2D eigenvalue weighted by Gasteiger charge is -2.08. The highest BCUT2D eigenvalue weighted by molar-refractivity contribution is 7.13. The van der Waals surface area contributed by atoms with E-state index >= 15 is 0 Å². The van der Waals surface area contributed by atoms with Crippen molar-refractivity contribution >= 4 is 22.9 Å². The lowest BCUT2D eigenvalue weighted by Crippen LogP contribution is -2.15. The van der Waals surface area contributed by atoms with Gasteiger partial charge in [0.2, 0.25) is 5.91 Å². The molecule has 0 aliphatic heterocycles. The molecule has 3 rings (SSSR count). The molecule has 0 atom stereocenters. The summed E-state index contributed by atoms with van der Waals surface area (Å²) in [6.45, 7) is 2.02. The van der Waals surface area contributed by atoms with Crippen LogP contribution in [0.5, 0.6) is 0 Å². The fraction of sp³-hybridized carbons (Fsp3) is 0.200. The number of anilines is 1. The average Bonchev–Trinajstić information content (AvgIpc) is 3.10. The Morgan fingerprint density at radius 2 is 1.81 bits per heavy atom. The van der Waals surface area contributed by atoms with Crippen LogP contribution in [0.1, 0.15) is 23.7 Å². The van der Waals surface area contributed by atoms with Crippen molar-refractivity contribution in [1.82, 2.24) is 4.98 Å². The van der Waals surface area contributed by atoms with Gasteiger partial charge >= 0.3 is 6.18 Å². The standard InChI is InChI=1S/C20H17F3N2OS/c1-2-13-5-3-4-6-17(13)25-18(26)11-16-12-27-19(24-16)14-7-9-15(10-8-14)20(21,22)23/h3-10,12H,2,11H2,1H3,(H,25,26). The molecule has 7 heteroatoms. The van der Waals surface area contributed by atoms with Gasteiger partial charge < -0.3 is 5.32 Å². The summed E-state index contributed by atoms with van der Waals surface area (Å²) in [6.07, 6.45) is -3.44. The lowest BCUT2D eigenvalue weighted by atomic mass is 10.1. The lowest BCUT2D eigenvalue weighted by molar-refractivity contribution is -0.137. The predicted octanol–water partition coefficient (Wildman–Crippen LogP) is 5.57. The first-order chi connectivity index (χ1) is 12.9. The summed E-state index contributed by atoms with van der Waals surface area (Å²) in [4.78, 5) is 16.7. The number of hydrogen-bond acceptors (Lipinski definition) is 3. The molecular weight excluding hydrogens is 373 g/mol. The molecule has 0 unspecified atom stereocenters. The molecule has 1 aromatic heterocycles. The van der Waals surface area contributed by atoms with Gasteiger partial charge in [0.15, 0.2) is 0 Å². The van der Waals surface area contributed by atoms with Crippen LogP contribution in [0.2, 0.25) is 0 Å². The van der Waals surface area contributed by atoms with Crippen LogP contribution in [0.25, 0.3) is 10.6 Å². The summed E-state index contributed by atoms with van der Waals surface area (Å²) in [6, 6.07) is 12.4. The zero-order valence-corrected chi connectivity index (χ0v) is 15.3. The number of halogens is 3. The summed E-state index contributed by atoms with van der Waals surface area (Å²) in [5.41, 5.74) is 2.31. The Hall–Kier alpha value is -2.67. The van der Waals surface area contributed by atoms with E-state index in [9.17, 15) is 18.0 Å². The summed E-state index contributed by atoms with van der Waals surface area (Å²) >= 11 is 1.30. The molecule has 0 radical (unpaired) electrons. The number of amides is 1. The Morgan fingerprint density at radius 3 is 2.48 bits per heavy atom. The van der Waals surface area contributed by atoms with Crippen molar-refractivity contribution in [2.24, 2.45) is 0 Å².